The Hall–Kier alpha value is -1.84. The zero-order valence-corrected chi connectivity index (χ0v) is 12.8. The van der Waals surface area contributed by atoms with Crippen LogP contribution in [0.25, 0.3) is 0 Å². The SMILES string of the molecule is CN1CCC2(CC1)OC(c1ccccc1)c1cc(O)ccc12. The number of hydrogen-bond donors (Lipinski definition) is 1. The Morgan fingerprint density at radius 1 is 1.09 bits per heavy atom. The van der Waals surface area contributed by atoms with Crippen molar-refractivity contribution in [2.45, 2.75) is 24.5 Å². The number of aromatic hydroxyl groups is 1. The Morgan fingerprint density at radius 3 is 2.55 bits per heavy atom. The van der Waals surface area contributed by atoms with Crippen molar-refractivity contribution in [1.82, 2.24) is 4.90 Å². The molecule has 4 rings (SSSR count). The molecule has 0 amide bonds. The zero-order chi connectivity index (χ0) is 15.2. The van der Waals surface area contributed by atoms with Gasteiger partial charge in [0.1, 0.15) is 11.9 Å². The highest BCUT2D eigenvalue weighted by Gasteiger charge is 2.46. The van der Waals surface area contributed by atoms with Crippen LogP contribution in [-0.4, -0.2) is 30.1 Å². The van der Waals surface area contributed by atoms with Gasteiger partial charge < -0.3 is 14.7 Å². The van der Waals surface area contributed by atoms with Crippen LogP contribution in [0.4, 0.5) is 0 Å². The van der Waals surface area contributed by atoms with Crippen LogP contribution in [-0.2, 0) is 10.3 Å². The van der Waals surface area contributed by atoms with Crippen LogP contribution in [0, 0.1) is 0 Å². The summed E-state index contributed by atoms with van der Waals surface area (Å²) in [5, 5.41) is 9.93. The van der Waals surface area contributed by atoms with Gasteiger partial charge in [0.05, 0.1) is 5.60 Å². The van der Waals surface area contributed by atoms with E-state index < -0.39 is 0 Å². The van der Waals surface area contributed by atoms with E-state index in [2.05, 4.69) is 30.1 Å². The van der Waals surface area contributed by atoms with E-state index in [1.54, 1.807) is 6.07 Å². The van der Waals surface area contributed by atoms with E-state index in [0.717, 1.165) is 37.1 Å². The third kappa shape index (κ3) is 2.13. The molecule has 0 saturated carbocycles. The lowest BCUT2D eigenvalue weighted by atomic mass is 9.83. The van der Waals surface area contributed by atoms with Crippen LogP contribution in [0.1, 0.15) is 35.6 Å². The summed E-state index contributed by atoms with van der Waals surface area (Å²) in [6.45, 7) is 2.09. The Balaban J connectivity index is 1.80. The number of phenols is 1. The van der Waals surface area contributed by atoms with E-state index in [4.69, 9.17) is 4.74 Å². The fourth-order valence-electron chi connectivity index (χ4n) is 3.78. The first-order valence-corrected chi connectivity index (χ1v) is 7.93. The van der Waals surface area contributed by atoms with Crippen LogP contribution in [0.5, 0.6) is 5.75 Å². The van der Waals surface area contributed by atoms with E-state index in [0.29, 0.717) is 5.75 Å². The molecule has 1 unspecified atom stereocenters. The number of benzene rings is 2. The summed E-state index contributed by atoms with van der Waals surface area (Å²) in [7, 11) is 2.16. The minimum Gasteiger partial charge on any atom is -0.508 e. The van der Waals surface area contributed by atoms with Gasteiger partial charge in [-0.15, -0.1) is 0 Å². The Morgan fingerprint density at radius 2 is 1.82 bits per heavy atom. The lowest BCUT2D eigenvalue weighted by molar-refractivity contribution is -0.0941. The van der Waals surface area contributed by atoms with Crippen molar-refractivity contribution < 1.29 is 9.84 Å². The van der Waals surface area contributed by atoms with Crippen molar-refractivity contribution in [3.8, 4) is 5.75 Å². The van der Waals surface area contributed by atoms with Gasteiger partial charge in [-0.25, -0.2) is 0 Å². The van der Waals surface area contributed by atoms with E-state index in [9.17, 15) is 5.11 Å². The summed E-state index contributed by atoms with van der Waals surface area (Å²) in [5.41, 5.74) is 3.34. The van der Waals surface area contributed by atoms with Gasteiger partial charge >= 0.3 is 0 Å². The number of phenolic OH excluding ortho intramolecular Hbond substituents is 1. The molecule has 2 aliphatic rings. The molecule has 3 heteroatoms. The summed E-state index contributed by atoms with van der Waals surface area (Å²) in [4.78, 5) is 2.35. The number of ether oxygens (including phenoxy) is 1. The second-order valence-corrected chi connectivity index (χ2v) is 6.48. The first-order chi connectivity index (χ1) is 10.7. The second kappa shape index (κ2) is 5.11. The van der Waals surface area contributed by atoms with Crippen molar-refractivity contribution in [3.63, 3.8) is 0 Å². The third-order valence-corrected chi connectivity index (χ3v) is 5.05. The minimum atomic E-state index is -0.198. The maximum Gasteiger partial charge on any atom is 0.115 e. The molecule has 22 heavy (non-hydrogen) atoms. The van der Waals surface area contributed by atoms with E-state index in [1.165, 1.54) is 5.56 Å². The predicted octanol–water partition coefficient (Wildman–Crippen LogP) is 3.43. The van der Waals surface area contributed by atoms with Gasteiger partial charge in [0.25, 0.3) is 0 Å². The summed E-state index contributed by atoms with van der Waals surface area (Å²) in [6.07, 6.45) is 1.93. The normalized spacial score (nSPS) is 23.6. The number of piperidine rings is 1. The molecule has 1 N–H and O–H groups in total. The Kier molecular flexibility index (Phi) is 3.21. The first kappa shape index (κ1) is 13.8. The maximum atomic E-state index is 9.93. The molecule has 1 saturated heterocycles. The molecule has 0 radical (unpaired) electrons. The summed E-state index contributed by atoms with van der Waals surface area (Å²) < 4.78 is 6.61. The number of hydrogen-bond acceptors (Lipinski definition) is 3. The van der Waals surface area contributed by atoms with E-state index in [-0.39, 0.29) is 11.7 Å². The number of nitrogens with zero attached hydrogens (tertiary/aromatic N) is 1. The van der Waals surface area contributed by atoms with Crippen LogP contribution < -0.4 is 0 Å². The van der Waals surface area contributed by atoms with Crippen molar-refractivity contribution >= 4 is 0 Å². The quantitative estimate of drug-likeness (QED) is 0.875. The first-order valence-electron chi connectivity index (χ1n) is 7.93. The molecule has 2 aromatic carbocycles. The number of rotatable bonds is 1. The van der Waals surface area contributed by atoms with E-state index >= 15 is 0 Å². The molecule has 2 aliphatic heterocycles. The van der Waals surface area contributed by atoms with Gasteiger partial charge in [0, 0.05) is 13.1 Å². The molecule has 114 valence electrons. The zero-order valence-electron chi connectivity index (χ0n) is 12.8. The van der Waals surface area contributed by atoms with Crippen LogP contribution in [0.2, 0.25) is 0 Å². The molecular weight excluding hydrogens is 274 g/mol. The molecule has 2 heterocycles. The minimum absolute atomic E-state index is 0.0771. The van der Waals surface area contributed by atoms with Crippen molar-refractivity contribution in [2.24, 2.45) is 0 Å². The van der Waals surface area contributed by atoms with Crippen molar-refractivity contribution in [2.75, 3.05) is 20.1 Å². The average molecular weight is 295 g/mol. The smallest absolute Gasteiger partial charge is 0.115 e. The Labute approximate surface area is 131 Å². The van der Waals surface area contributed by atoms with Crippen LogP contribution >= 0.6 is 0 Å². The predicted molar refractivity (Wildman–Crippen MR) is 85.9 cm³/mol. The topological polar surface area (TPSA) is 32.7 Å². The highest BCUT2D eigenvalue weighted by molar-refractivity contribution is 5.47. The van der Waals surface area contributed by atoms with Crippen molar-refractivity contribution in [1.29, 1.82) is 0 Å². The monoisotopic (exact) mass is 295 g/mol. The standard InChI is InChI=1S/C19H21NO2/c1-20-11-9-19(10-12-20)17-8-7-15(21)13-16(17)18(22-19)14-5-3-2-4-6-14/h2-8,13,18,21H,9-12H2,1H3. The number of fused-ring (bicyclic) bond motifs is 2. The van der Waals surface area contributed by atoms with Gasteiger partial charge in [-0.1, -0.05) is 36.4 Å². The molecule has 1 atom stereocenters. The van der Waals surface area contributed by atoms with Gasteiger partial charge in [-0.3, -0.25) is 0 Å². The van der Waals surface area contributed by atoms with Gasteiger partial charge in [0.15, 0.2) is 0 Å². The van der Waals surface area contributed by atoms with Gasteiger partial charge in [0.2, 0.25) is 0 Å². The van der Waals surface area contributed by atoms with E-state index in [1.807, 2.05) is 24.3 Å². The number of likely N-dealkylation sites (tertiary alicyclic amines) is 1. The van der Waals surface area contributed by atoms with Crippen LogP contribution in [0.15, 0.2) is 48.5 Å². The van der Waals surface area contributed by atoms with Crippen LogP contribution in [0.3, 0.4) is 0 Å². The highest BCUT2D eigenvalue weighted by Crippen LogP contribution is 2.51. The average Bonchev–Trinajstić information content (AvgIpc) is 2.85. The second-order valence-electron chi connectivity index (χ2n) is 6.48. The molecule has 0 aromatic heterocycles. The Bertz CT molecular complexity index is 675. The summed E-state index contributed by atoms with van der Waals surface area (Å²) in [5.74, 6) is 0.313. The maximum absolute atomic E-state index is 9.93. The van der Waals surface area contributed by atoms with Gasteiger partial charge in [-0.2, -0.15) is 0 Å². The highest BCUT2D eigenvalue weighted by atomic mass is 16.5. The fraction of sp³-hybridized carbons (Fsp3) is 0.368. The summed E-state index contributed by atoms with van der Waals surface area (Å²) >= 11 is 0. The lowest BCUT2D eigenvalue weighted by Crippen LogP contribution is -2.40. The molecule has 0 aliphatic carbocycles. The fourth-order valence-corrected chi connectivity index (χ4v) is 3.78. The lowest BCUT2D eigenvalue weighted by Gasteiger charge is -2.38. The molecule has 1 spiro atoms. The largest absolute Gasteiger partial charge is 0.508 e. The van der Waals surface area contributed by atoms with Gasteiger partial charge in [-0.05, 0) is 48.7 Å². The molecule has 1 fully saturated rings. The molecule has 2 aromatic rings. The molecular formula is C19H21NO2. The summed E-state index contributed by atoms with van der Waals surface area (Å²) in [6, 6.07) is 16.0. The third-order valence-electron chi connectivity index (χ3n) is 5.05. The molecule has 0 bridgehead atoms. The molecule has 3 nitrogen and oxygen atoms in total. The van der Waals surface area contributed by atoms with Crippen molar-refractivity contribution in [3.05, 3.63) is 65.2 Å².